The Morgan fingerprint density at radius 3 is 2.57 bits per heavy atom. The van der Waals surface area contributed by atoms with Crippen LogP contribution in [0, 0.1) is 0 Å². The van der Waals surface area contributed by atoms with E-state index in [1.165, 1.54) is 5.56 Å². The summed E-state index contributed by atoms with van der Waals surface area (Å²) in [5, 5.41) is 0. The number of rotatable bonds is 4. The quantitative estimate of drug-likeness (QED) is 0.864. The third kappa shape index (κ3) is 2.78. The van der Waals surface area contributed by atoms with E-state index in [2.05, 4.69) is 16.0 Å². The molecular formula is C16H18N2O3. The number of nitrogens with zero attached hydrogens (tertiary/aromatic N) is 2. The molecule has 0 saturated carbocycles. The standard InChI is InChI=1S/C16H18N2O3/c1-18(2)9-11-4-5-13(17-8-11)12-6-15-16(21-10-20-15)7-14(12)19-3/h4-8H,9-10H2,1-3H3. The van der Waals surface area contributed by atoms with Gasteiger partial charge in [-0.3, -0.25) is 4.98 Å². The minimum atomic E-state index is 0.247. The molecule has 2 aromatic rings. The second-order valence-electron chi connectivity index (χ2n) is 5.20. The van der Waals surface area contributed by atoms with E-state index in [1.807, 2.05) is 38.5 Å². The van der Waals surface area contributed by atoms with Crippen molar-refractivity contribution in [1.29, 1.82) is 0 Å². The predicted octanol–water partition coefficient (Wildman–Crippen LogP) is 2.55. The van der Waals surface area contributed by atoms with E-state index in [-0.39, 0.29) is 6.79 Å². The van der Waals surface area contributed by atoms with Crippen molar-refractivity contribution in [1.82, 2.24) is 9.88 Å². The Hall–Kier alpha value is -2.27. The van der Waals surface area contributed by atoms with Gasteiger partial charge in [-0.1, -0.05) is 6.07 Å². The number of aromatic nitrogens is 1. The molecule has 0 atom stereocenters. The first-order valence-corrected chi connectivity index (χ1v) is 6.75. The minimum Gasteiger partial charge on any atom is -0.496 e. The van der Waals surface area contributed by atoms with E-state index in [9.17, 15) is 0 Å². The molecule has 1 aromatic carbocycles. The molecule has 0 aliphatic carbocycles. The lowest BCUT2D eigenvalue weighted by molar-refractivity contribution is 0.174. The van der Waals surface area contributed by atoms with Crippen molar-refractivity contribution in [3.05, 3.63) is 36.0 Å². The lowest BCUT2D eigenvalue weighted by Crippen LogP contribution is -2.10. The predicted molar refractivity (Wildman–Crippen MR) is 79.7 cm³/mol. The summed E-state index contributed by atoms with van der Waals surface area (Å²) in [6.45, 7) is 1.11. The first-order chi connectivity index (χ1) is 10.2. The number of hydrogen-bond acceptors (Lipinski definition) is 5. The number of benzene rings is 1. The fourth-order valence-corrected chi connectivity index (χ4v) is 2.33. The first-order valence-electron chi connectivity index (χ1n) is 6.75. The lowest BCUT2D eigenvalue weighted by Gasteiger charge is -2.11. The van der Waals surface area contributed by atoms with Crippen molar-refractivity contribution in [2.75, 3.05) is 28.0 Å². The van der Waals surface area contributed by atoms with Crippen LogP contribution in [0.5, 0.6) is 17.2 Å². The van der Waals surface area contributed by atoms with Gasteiger partial charge in [-0.15, -0.1) is 0 Å². The van der Waals surface area contributed by atoms with Gasteiger partial charge in [0.05, 0.1) is 12.8 Å². The molecule has 110 valence electrons. The summed E-state index contributed by atoms with van der Waals surface area (Å²) in [7, 11) is 5.71. The van der Waals surface area contributed by atoms with Gasteiger partial charge in [-0.25, -0.2) is 0 Å². The van der Waals surface area contributed by atoms with Crippen molar-refractivity contribution < 1.29 is 14.2 Å². The number of methoxy groups -OCH3 is 1. The van der Waals surface area contributed by atoms with Gasteiger partial charge in [0.2, 0.25) is 6.79 Å². The molecule has 1 aliphatic heterocycles. The second kappa shape index (κ2) is 5.61. The van der Waals surface area contributed by atoms with Gasteiger partial charge < -0.3 is 19.1 Å². The minimum absolute atomic E-state index is 0.247. The van der Waals surface area contributed by atoms with E-state index in [4.69, 9.17) is 14.2 Å². The Labute approximate surface area is 124 Å². The summed E-state index contributed by atoms with van der Waals surface area (Å²) < 4.78 is 16.2. The molecule has 0 amide bonds. The average Bonchev–Trinajstić information content (AvgIpc) is 2.93. The molecule has 0 spiro atoms. The third-order valence-electron chi connectivity index (χ3n) is 3.29. The molecule has 21 heavy (non-hydrogen) atoms. The van der Waals surface area contributed by atoms with E-state index < -0.39 is 0 Å². The summed E-state index contributed by atoms with van der Waals surface area (Å²) >= 11 is 0. The van der Waals surface area contributed by atoms with Gasteiger partial charge >= 0.3 is 0 Å². The molecule has 1 aromatic heterocycles. The van der Waals surface area contributed by atoms with Crippen molar-refractivity contribution in [3.8, 4) is 28.5 Å². The van der Waals surface area contributed by atoms with E-state index >= 15 is 0 Å². The highest BCUT2D eigenvalue weighted by Gasteiger charge is 2.19. The lowest BCUT2D eigenvalue weighted by atomic mass is 10.1. The number of ether oxygens (including phenoxy) is 3. The topological polar surface area (TPSA) is 43.8 Å². The van der Waals surface area contributed by atoms with Crippen molar-refractivity contribution in [3.63, 3.8) is 0 Å². The van der Waals surface area contributed by atoms with Crippen molar-refractivity contribution in [2.24, 2.45) is 0 Å². The van der Waals surface area contributed by atoms with Gasteiger partial charge in [0.1, 0.15) is 5.75 Å². The van der Waals surface area contributed by atoms with E-state index in [1.54, 1.807) is 7.11 Å². The molecule has 0 saturated heterocycles. The molecule has 2 heterocycles. The Kier molecular flexibility index (Phi) is 3.66. The smallest absolute Gasteiger partial charge is 0.231 e. The molecule has 3 rings (SSSR count). The van der Waals surface area contributed by atoms with Gasteiger partial charge in [-0.05, 0) is 31.8 Å². The van der Waals surface area contributed by atoms with Gasteiger partial charge in [0.25, 0.3) is 0 Å². The maximum absolute atomic E-state index is 5.44. The maximum atomic E-state index is 5.44. The highest BCUT2D eigenvalue weighted by atomic mass is 16.7. The second-order valence-corrected chi connectivity index (χ2v) is 5.20. The van der Waals surface area contributed by atoms with Gasteiger partial charge in [-0.2, -0.15) is 0 Å². The van der Waals surface area contributed by atoms with Crippen LogP contribution in [0.2, 0.25) is 0 Å². The van der Waals surface area contributed by atoms with E-state index in [0.29, 0.717) is 5.75 Å². The molecule has 5 heteroatoms. The molecule has 0 radical (unpaired) electrons. The fourth-order valence-electron chi connectivity index (χ4n) is 2.33. The van der Waals surface area contributed by atoms with Gasteiger partial charge in [0.15, 0.2) is 11.5 Å². The molecular weight excluding hydrogens is 268 g/mol. The van der Waals surface area contributed by atoms with Crippen LogP contribution in [-0.2, 0) is 6.54 Å². The number of pyridine rings is 1. The summed E-state index contributed by atoms with van der Waals surface area (Å²) in [6, 6.07) is 7.83. The van der Waals surface area contributed by atoms with Crippen LogP contribution in [0.15, 0.2) is 30.5 Å². The molecule has 1 aliphatic rings. The summed E-state index contributed by atoms with van der Waals surface area (Å²) in [5.74, 6) is 2.16. The molecule has 0 N–H and O–H groups in total. The monoisotopic (exact) mass is 286 g/mol. The zero-order valence-electron chi connectivity index (χ0n) is 12.4. The Morgan fingerprint density at radius 2 is 1.95 bits per heavy atom. The summed E-state index contributed by atoms with van der Waals surface area (Å²) in [5.41, 5.74) is 2.93. The first kappa shape index (κ1) is 13.7. The average molecular weight is 286 g/mol. The van der Waals surface area contributed by atoms with Crippen molar-refractivity contribution >= 4 is 0 Å². The van der Waals surface area contributed by atoms with Crippen LogP contribution >= 0.6 is 0 Å². The highest BCUT2D eigenvalue weighted by molar-refractivity contribution is 5.72. The summed E-state index contributed by atoms with van der Waals surface area (Å²) in [6.07, 6.45) is 1.89. The number of fused-ring (bicyclic) bond motifs is 1. The maximum Gasteiger partial charge on any atom is 0.231 e. The van der Waals surface area contributed by atoms with Crippen LogP contribution in [0.1, 0.15) is 5.56 Å². The zero-order valence-corrected chi connectivity index (χ0v) is 12.4. The van der Waals surface area contributed by atoms with Crippen LogP contribution < -0.4 is 14.2 Å². The van der Waals surface area contributed by atoms with Crippen LogP contribution in [0.4, 0.5) is 0 Å². The SMILES string of the molecule is COc1cc2c(cc1-c1ccc(CN(C)C)cn1)OCO2. The summed E-state index contributed by atoms with van der Waals surface area (Å²) in [4.78, 5) is 6.64. The Balaban J connectivity index is 1.96. The highest BCUT2D eigenvalue weighted by Crippen LogP contribution is 2.41. The van der Waals surface area contributed by atoms with E-state index in [0.717, 1.165) is 29.3 Å². The normalized spacial score (nSPS) is 12.8. The number of hydrogen-bond donors (Lipinski definition) is 0. The van der Waals surface area contributed by atoms with Crippen molar-refractivity contribution in [2.45, 2.75) is 6.54 Å². The van der Waals surface area contributed by atoms with Crippen LogP contribution in [0.25, 0.3) is 11.3 Å². The molecule has 0 fully saturated rings. The molecule has 0 bridgehead atoms. The van der Waals surface area contributed by atoms with Crippen LogP contribution in [0.3, 0.4) is 0 Å². The van der Waals surface area contributed by atoms with Crippen LogP contribution in [-0.4, -0.2) is 37.9 Å². The van der Waals surface area contributed by atoms with Gasteiger partial charge in [0, 0.05) is 24.4 Å². The third-order valence-corrected chi connectivity index (χ3v) is 3.29. The molecule has 0 unspecified atom stereocenters. The fraction of sp³-hybridized carbons (Fsp3) is 0.312. The Bertz CT molecular complexity index is 639. The largest absolute Gasteiger partial charge is 0.496 e. The molecule has 5 nitrogen and oxygen atoms in total. The zero-order chi connectivity index (χ0) is 14.8. The Morgan fingerprint density at radius 1 is 1.19 bits per heavy atom.